The van der Waals surface area contributed by atoms with Gasteiger partial charge in [-0.1, -0.05) is 11.6 Å². The predicted octanol–water partition coefficient (Wildman–Crippen LogP) is 1.77. The maximum atomic E-state index is 9.03. The first-order chi connectivity index (χ1) is 5.04. The van der Waals surface area contributed by atoms with Crippen molar-refractivity contribution >= 4 is 11.6 Å². The van der Waals surface area contributed by atoms with Gasteiger partial charge in [0.15, 0.2) is 11.5 Å². The van der Waals surface area contributed by atoms with Gasteiger partial charge in [-0.2, -0.15) is 0 Å². The molecule has 11 heavy (non-hydrogen) atoms. The summed E-state index contributed by atoms with van der Waals surface area (Å²) in [4.78, 5) is 0. The molecule has 1 aromatic rings. The Labute approximate surface area is 68.5 Å². The van der Waals surface area contributed by atoms with Crippen molar-refractivity contribution in [3.63, 3.8) is 0 Å². The molecule has 0 aromatic heterocycles. The fourth-order valence-corrected chi connectivity index (χ4v) is 0.893. The fraction of sp³-hybridized carbons (Fsp3) is 0.143. The fourth-order valence-electron chi connectivity index (χ4n) is 0.749. The molecule has 0 saturated heterocycles. The number of benzene rings is 1. The minimum atomic E-state index is -0.583. The molecule has 0 atom stereocenters. The molecule has 0 aliphatic heterocycles. The highest BCUT2D eigenvalue weighted by molar-refractivity contribution is 6.33. The van der Waals surface area contributed by atoms with Crippen LogP contribution in [0.25, 0.3) is 0 Å². The molecule has 4 heteroatoms. The van der Waals surface area contributed by atoms with E-state index in [4.69, 9.17) is 26.9 Å². The molecule has 0 spiro atoms. The van der Waals surface area contributed by atoms with Gasteiger partial charge in [-0.3, -0.25) is 0 Å². The third-order valence-electron chi connectivity index (χ3n) is 1.37. The molecule has 0 radical (unpaired) electrons. The summed E-state index contributed by atoms with van der Waals surface area (Å²) < 4.78 is 0. The van der Waals surface area contributed by atoms with E-state index in [9.17, 15) is 0 Å². The molecule has 0 bridgehead atoms. The van der Waals surface area contributed by atoms with Crippen LogP contribution in [0.3, 0.4) is 0 Å². The minimum Gasteiger partial charge on any atom is -0.504 e. The normalized spacial score (nSPS) is 10.0. The van der Waals surface area contributed by atoms with E-state index in [2.05, 4.69) is 0 Å². The van der Waals surface area contributed by atoms with E-state index >= 15 is 0 Å². The lowest BCUT2D eigenvalue weighted by molar-refractivity contribution is 0.367. The van der Waals surface area contributed by atoms with Crippen molar-refractivity contribution in [3.8, 4) is 17.2 Å². The van der Waals surface area contributed by atoms with Gasteiger partial charge in [0.25, 0.3) is 0 Å². The zero-order valence-corrected chi connectivity index (χ0v) is 6.55. The van der Waals surface area contributed by atoms with Gasteiger partial charge in [0.1, 0.15) is 0 Å². The van der Waals surface area contributed by atoms with E-state index in [0.717, 1.165) is 0 Å². The second-order valence-electron chi connectivity index (χ2n) is 2.22. The Morgan fingerprint density at radius 2 is 1.73 bits per heavy atom. The van der Waals surface area contributed by atoms with Crippen LogP contribution in [0.4, 0.5) is 0 Å². The van der Waals surface area contributed by atoms with E-state index in [1.807, 2.05) is 0 Å². The average molecular weight is 175 g/mol. The molecule has 0 unspecified atom stereocenters. The van der Waals surface area contributed by atoms with Gasteiger partial charge in [-0.15, -0.1) is 0 Å². The minimum absolute atomic E-state index is 0.0558. The summed E-state index contributed by atoms with van der Waals surface area (Å²) in [5, 5.41) is 26.9. The quantitative estimate of drug-likeness (QED) is 0.526. The average Bonchev–Trinajstić information content (AvgIpc) is 1.97. The van der Waals surface area contributed by atoms with Crippen molar-refractivity contribution in [1.29, 1.82) is 0 Å². The Kier molecular flexibility index (Phi) is 1.83. The number of phenolic OH excluding ortho intramolecular Hbond substituents is 3. The summed E-state index contributed by atoms with van der Waals surface area (Å²) in [6.45, 7) is 1.61. The second-order valence-corrected chi connectivity index (χ2v) is 2.60. The van der Waals surface area contributed by atoms with Gasteiger partial charge in [-0.25, -0.2) is 0 Å². The van der Waals surface area contributed by atoms with Gasteiger partial charge in [0.05, 0.1) is 5.02 Å². The standard InChI is InChI=1S/C7H7ClO3/c1-3-2-4(9)6(10)7(11)5(3)8/h2,9-11H,1H3. The van der Waals surface area contributed by atoms with Crippen LogP contribution in [-0.4, -0.2) is 15.3 Å². The predicted molar refractivity (Wildman–Crippen MR) is 41.2 cm³/mol. The molecule has 1 aromatic carbocycles. The van der Waals surface area contributed by atoms with Crippen molar-refractivity contribution in [2.75, 3.05) is 0 Å². The van der Waals surface area contributed by atoms with Crippen molar-refractivity contribution in [1.82, 2.24) is 0 Å². The van der Waals surface area contributed by atoms with E-state index < -0.39 is 11.5 Å². The lowest BCUT2D eigenvalue weighted by Gasteiger charge is -2.04. The van der Waals surface area contributed by atoms with Crippen LogP contribution in [0, 0.1) is 6.92 Å². The van der Waals surface area contributed by atoms with Crippen LogP contribution < -0.4 is 0 Å². The SMILES string of the molecule is Cc1cc(O)c(O)c(O)c1Cl. The van der Waals surface area contributed by atoms with Crippen LogP contribution in [0.5, 0.6) is 17.2 Å². The van der Waals surface area contributed by atoms with Crippen LogP contribution in [0.1, 0.15) is 5.56 Å². The third kappa shape index (κ3) is 1.19. The lowest BCUT2D eigenvalue weighted by Crippen LogP contribution is -1.78. The van der Waals surface area contributed by atoms with E-state index in [0.29, 0.717) is 5.56 Å². The summed E-state index contributed by atoms with van der Waals surface area (Å²) in [7, 11) is 0. The first-order valence-electron chi connectivity index (χ1n) is 2.94. The Bertz CT molecular complexity index is 270. The number of rotatable bonds is 0. The molecule has 60 valence electrons. The molecule has 0 heterocycles. The first kappa shape index (κ1) is 8.01. The van der Waals surface area contributed by atoms with Gasteiger partial charge in [0, 0.05) is 0 Å². The summed E-state index contributed by atoms with van der Waals surface area (Å²) in [6, 6.07) is 1.28. The largest absolute Gasteiger partial charge is 0.504 e. The van der Waals surface area contributed by atoms with E-state index in [1.165, 1.54) is 6.07 Å². The molecule has 0 saturated carbocycles. The highest BCUT2D eigenvalue weighted by atomic mass is 35.5. The Morgan fingerprint density at radius 1 is 1.18 bits per heavy atom. The molecule has 0 aliphatic carbocycles. The molecular weight excluding hydrogens is 168 g/mol. The highest BCUT2D eigenvalue weighted by Crippen LogP contribution is 2.41. The molecule has 0 fully saturated rings. The summed E-state index contributed by atoms with van der Waals surface area (Å²) >= 11 is 5.53. The number of hydrogen-bond acceptors (Lipinski definition) is 3. The summed E-state index contributed by atoms with van der Waals surface area (Å²) in [5.41, 5.74) is 0.513. The van der Waals surface area contributed by atoms with Crippen molar-refractivity contribution in [2.24, 2.45) is 0 Å². The molecular formula is C7H7ClO3. The number of phenols is 3. The van der Waals surface area contributed by atoms with Crippen LogP contribution >= 0.6 is 11.6 Å². The van der Waals surface area contributed by atoms with Gasteiger partial charge in [-0.05, 0) is 18.6 Å². The first-order valence-corrected chi connectivity index (χ1v) is 3.32. The number of aromatic hydroxyl groups is 3. The second kappa shape index (κ2) is 2.51. The summed E-state index contributed by atoms with van der Waals surface area (Å²) in [5.74, 6) is -1.44. The van der Waals surface area contributed by atoms with Gasteiger partial charge < -0.3 is 15.3 Å². The Morgan fingerprint density at radius 3 is 2.27 bits per heavy atom. The van der Waals surface area contributed by atoms with Crippen molar-refractivity contribution in [3.05, 3.63) is 16.7 Å². The Hall–Kier alpha value is -1.09. The molecule has 0 amide bonds. The van der Waals surface area contributed by atoms with Crippen LogP contribution in [0.2, 0.25) is 5.02 Å². The zero-order chi connectivity index (χ0) is 8.59. The van der Waals surface area contributed by atoms with E-state index in [1.54, 1.807) is 6.92 Å². The van der Waals surface area contributed by atoms with Crippen LogP contribution in [0.15, 0.2) is 6.07 Å². The summed E-state index contributed by atoms with van der Waals surface area (Å²) in [6.07, 6.45) is 0. The van der Waals surface area contributed by atoms with Crippen LogP contribution in [-0.2, 0) is 0 Å². The monoisotopic (exact) mass is 174 g/mol. The lowest BCUT2D eigenvalue weighted by atomic mass is 10.2. The number of halogens is 1. The van der Waals surface area contributed by atoms with Crippen molar-refractivity contribution < 1.29 is 15.3 Å². The van der Waals surface area contributed by atoms with E-state index in [-0.39, 0.29) is 10.8 Å². The molecule has 3 N–H and O–H groups in total. The number of aryl methyl sites for hydroxylation is 1. The molecule has 0 aliphatic rings. The molecule has 3 nitrogen and oxygen atoms in total. The van der Waals surface area contributed by atoms with Gasteiger partial charge >= 0.3 is 0 Å². The molecule has 1 rings (SSSR count). The maximum absolute atomic E-state index is 9.03. The zero-order valence-electron chi connectivity index (χ0n) is 5.80. The smallest absolute Gasteiger partial charge is 0.201 e. The van der Waals surface area contributed by atoms with Crippen molar-refractivity contribution in [2.45, 2.75) is 6.92 Å². The maximum Gasteiger partial charge on any atom is 0.201 e. The third-order valence-corrected chi connectivity index (χ3v) is 1.85. The Balaban J connectivity index is 3.46. The highest BCUT2D eigenvalue weighted by Gasteiger charge is 2.11. The number of hydrogen-bond donors (Lipinski definition) is 3. The topological polar surface area (TPSA) is 60.7 Å². The van der Waals surface area contributed by atoms with Gasteiger partial charge in [0.2, 0.25) is 5.75 Å².